The molecule has 4 nitrogen and oxygen atoms in total. The zero-order valence-electron chi connectivity index (χ0n) is 11.9. The Labute approximate surface area is 128 Å². The summed E-state index contributed by atoms with van der Waals surface area (Å²) in [4.78, 5) is 4.56. The topological polar surface area (TPSA) is 45.7 Å². The van der Waals surface area contributed by atoms with Crippen LogP contribution < -0.4 is 10.6 Å². The van der Waals surface area contributed by atoms with Gasteiger partial charge >= 0.3 is 0 Å². The zero-order valence-corrected chi connectivity index (χ0v) is 14.2. The van der Waals surface area contributed by atoms with Crippen molar-refractivity contribution in [2.75, 3.05) is 26.2 Å². The number of nitrogens with one attached hydrogen (secondary N) is 2. The molecule has 18 heavy (non-hydrogen) atoms. The molecule has 0 radical (unpaired) electrons. The summed E-state index contributed by atoms with van der Waals surface area (Å²) in [5, 5.41) is 6.60. The quantitative estimate of drug-likeness (QED) is 0.299. The Kier molecular flexibility index (Phi) is 10.8. The first kappa shape index (κ1) is 18.0. The summed E-state index contributed by atoms with van der Waals surface area (Å²) >= 11 is 0. The van der Waals surface area contributed by atoms with Gasteiger partial charge in [-0.15, -0.1) is 24.0 Å². The molecule has 0 unspecified atom stereocenters. The van der Waals surface area contributed by atoms with E-state index in [9.17, 15) is 0 Å². The van der Waals surface area contributed by atoms with Crippen LogP contribution in [0.1, 0.15) is 40.0 Å². The summed E-state index contributed by atoms with van der Waals surface area (Å²) < 4.78 is 5.49. The summed E-state index contributed by atoms with van der Waals surface area (Å²) in [6.07, 6.45) is 4.05. The van der Waals surface area contributed by atoms with E-state index in [2.05, 4.69) is 36.4 Å². The highest BCUT2D eigenvalue weighted by Crippen LogP contribution is 2.28. The summed E-state index contributed by atoms with van der Waals surface area (Å²) in [7, 11) is 0. The van der Waals surface area contributed by atoms with Gasteiger partial charge in [-0.05, 0) is 46.0 Å². The van der Waals surface area contributed by atoms with Crippen molar-refractivity contribution in [3.63, 3.8) is 0 Å². The molecule has 108 valence electrons. The molecular weight excluding hydrogens is 341 g/mol. The molecule has 0 atom stereocenters. The number of nitrogens with zero attached hydrogens (tertiary/aromatic N) is 1. The smallest absolute Gasteiger partial charge is 0.191 e. The van der Waals surface area contributed by atoms with Gasteiger partial charge in [-0.2, -0.15) is 0 Å². The fourth-order valence-electron chi connectivity index (χ4n) is 1.46. The molecule has 1 aliphatic rings. The maximum Gasteiger partial charge on any atom is 0.191 e. The van der Waals surface area contributed by atoms with E-state index in [0.29, 0.717) is 6.10 Å². The molecule has 1 rings (SSSR count). The van der Waals surface area contributed by atoms with Crippen LogP contribution in [0.4, 0.5) is 0 Å². The number of guanidine groups is 1. The van der Waals surface area contributed by atoms with Crippen molar-refractivity contribution >= 4 is 29.9 Å². The molecule has 0 aromatic rings. The number of ether oxygens (including phenoxy) is 1. The Bertz CT molecular complexity index is 230. The van der Waals surface area contributed by atoms with Gasteiger partial charge in [-0.3, -0.25) is 4.99 Å². The third kappa shape index (κ3) is 9.94. The van der Waals surface area contributed by atoms with Crippen LogP contribution >= 0.6 is 24.0 Å². The predicted octanol–water partition coefficient (Wildman–Crippen LogP) is 2.38. The molecule has 0 amide bonds. The van der Waals surface area contributed by atoms with E-state index in [1.807, 2.05) is 0 Å². The van der Waals surface area contributed by atoms with Gasteiger partial charge in [0.15, 0.2) is 5.96 Å². The highest BCUT2D eigenvalue weighted by Gasteiger charge is 2.20. The van der Waals surface area contributed by atoms with E-state index in [4.69, 9.17) is 4.74 Å². The van der Waals surface area contributed by atoms with E-state index in [0.717, 1.165) is 44.5 Å². The van der Waals surface area contributed by atoms with Gasteiger partial charge in [-0.25, -0.2) is 0 Å². The van der Waals surface area contributed by atoms with Gasteiger partial charge < -0.3 is 15.4 Å². The summed E-state index contributed by atoms with van der Waals surface area (Å²) in [5.41, 5.74) is 0. The van der Waals surface area contributed by atoms with Crippen molar-refractivity contribution in [1.82, 2.24) is 10.6 Å². The maximum atomic E-state index is 5.49. The minimum Gasteiger partial charge on any atom is -0.379 e. The van der Waals surface area contributed by atoms with Gasteiger partial charge in [0.2, 0.25) is 0 Å². The largest absolute Gasteiger partial charge is 0.379 e. The minimum absolute atomic E-state index is 0. The highest BCUT2D eigenvalue weighted by atomic mass is 127. The Morgan fingerprint density at radius 2 is 2.06 bits per heavy atom. The van der Waals surface area contributed by atoms with Crippen LogP contribution in [0.3, 0.4) is 0 Å². The Balaban J connectivity index is 0.00000289. The molecule has 1 aliphatic carbocycles. The van der Waals surface area contributed by atoms with E-state index in [1.165, 1.54) is 12.8 Å². The van der Waals surface area contributed by atoms with Crippen LogP contribution in [-0.4, -0.2) is 38.3 Å². The fourth-order valence-corrected chi connectivity index (χ4v) is 1.46. The van der Waals surface area contributed by atoms with Crippen LogP contribution in [0, 0.1) is 5.92 Å². The zero-order chi connectivity index (χ0) is 12.5. The molecule has 0 aliphatic heterocycles. The van der Waals surface area contributed by atoms with Gasteiger partial charge in [0.25, 0.3) is 0 Å². The van der Waals surface area contributed by atoms with Crippen molar-refractivity contribution < 1.29 is 4.74 Å². The van der Waals surface area contributed by atoms with Crippen LogP contribution in [-0.2, 0) is 4.74 Å². The first-order valence-corrected chi connectivity index (χ1v) is 6.86. The summed E-state index contributed by atoms with van der Waals surface area (Å²) in [5.74, 6) is 1.79. The SMILES string of the molecule is CCNC(=NCC1CC1)NCCCOC(C)C.I. The van der Waals surface area contributed by atoms with Gasteiger partial charge in [0, 0.05) is 26.2 Å². The molecule has 0 bridgehead atoms. The monoisotopic (exact) mass is 369 g/mol. The molecule has 0 saturated heterocycles. The van der Waals surface area contributed by atoms with Gasteiger partial charge in [0.1, 0.15) is 0 Å². The van der Waals surface area contributed by atoms with E-state index < -0.39 is 0 Å². The highest BCUT2D eigenvalue weighted by molar-refractivity contribution is 14.0. The minimum atomic E-state index is 0. The van der Waals surface area contributed by atoms with Crippen molar-refractivity contribution in [1.29, 1.82) is 0 Å². The lowest BCUT2D eigenvalue weighted by Crippen LogP contribution is -2.38. The number of rotatable bonds is 8. The molecule has 0 spiro atoms. The summed E-state index contributed by atoms with van der Waals surface area (Å²) in [6, 6.07) is 0. The van der Waals surface area contributed by atoms with Crippen LogP contribution in [0.15, 0.2) is 4.99 Å². The van der Waals surface area contributed by atoms with Gasteiger partial charge in [-0.1, -0.05) is 0 Å². The number of hydrogen-bond donors (Lipinski definition) is 2. The van der Waals surface area contributed by atoms with Crippen molar-refractivity contribution in [2.45, 2.75) is 46.1 Å². The van der Waals surface area contributed by atoms with Crippen LogP contribution in [0.5, 0.6) is 0 Å². The van der Waals surface area contributed by atoms with E-state index in [-0.39, 0.29) is 24.0 Å². The first-order chi connectivity index (χ1) is 8.22. The average Bonchev–Trinajstić information content (AvgIpc) is 3.08. The molecule has 1 fully saturated rings. The van der Waals surface area contributed by atoms with E-state index >= 15 is 0 Å². The fraction of sp³-hybridized carbons (Fsp3) is 0.923. The molecule has 0 heterocycles. The molecule has 5 heteroatoms. The maximum absolute atomic E-state index is 5.49. The third-order valence-corrected chi connectivity index (χ3v) is 2.61. The second kappa shape index (κ2) is 10.8. The predicted molar refractivity (Wildman–Crippen MR) is 87.8 cm³/mol. The summed E-state index contributed by atoms with van der Waals surface area (Å²) in [6.45, 7) is 9.84. The van der Waals surface area contributed by atoms with Crippen molar-refractivity contribution in [3.8, 4) is 0 Å². The lowest BCUT2D eigenvalue weighted by molar-refractivity contribution is 0.0776. The number of aliphatic imine (C=N–C) groups is 1. The standard InChI is InChI=1S/C13H27N3O.HI/c1-4-14-13(16-10-12-6-7-12)15-8-5-9-17-11(2)3;/h11-12H,4-10H2,1-3H3,(H2,14,15,16);1H. The second-order valence-corrected chi connectivity index (χ2v) is 4.86. The van der Waals surface area contributed by atoms with Gasteiger partial charge in [0.05, 0.1) is 6.10 Å². The first-order valence-electron chi connectivity index (χ1n) is 6.86. The molecule has 2 N–H and O–H groups in total. The van der Waals surface area contributed by atoms with E-state index in [1.54, 1.807) is 0 Å². The molecule has 0 aromatic heterocycles. The van der Waals surface area contributed by atoms with Crippen molar-refractivity contribution in [2.24, 2.45) is 10.9 Å². The van der Waals surface area contributed by atoms with Crippen LogP contribution in [0.2, 0.25) is 0 Å². The Morgan fingerprint density at radius 3 is 2.61 bits per heavy atom. The normalized spacial score (nSPS) is 15.4. The molecule has 0 aromatic carbocycles. The van der Waals surface area contributed by atoms with Crippen molar-refractivity contribution in [3.05, 3.63) is 0 Å². The lowest BCUT2D eigenvalue weighted by Gasteiger charge is -2.12. The van der Waals surface area contributed by atoms with Crippen LogP contribution in [0.25, 0.3) is 0 Å². The Morgan fingerprint density at radius 1 is 1.33 bits per heavy atom. The number of hydrogen-bond acceptors (Lipinski definition) is 2. The lowest BCUT2D eigenvalue weighted by atomic mass is 10.4. The third-order valence-electron chi connectivity index (χ3n) is 2.61. The molecular formula is C13H28IN3O. The Hall–Kier alpha value is -0.0400. The molecule has 1 saturated carbocycles. The second-order valence-electron chi connectivity index (χ2n) is 4.86. The average molecular weight is 369 g/mol. The number of halogens is 1.